The van der Waals surface area contributed by atoms with Crippen molar-refractivity contribution in [3.05, 3.63) is 64.3 Å². The second-order valence-corrected chi connectivity index (χ2v) is 7.57. The summed E-state index contributed by atoms with van der Waals surface area (Å²) in [6, 6.07) is 13.8. The minimum Gasteiger partial charge on any atom is -0.355 e. The smallest absolute Gasteiger partial charge is 0.272 e. The molecule has 1 saturated heterocycles. The normalized spacial score (nSPS) is 14.0. The maximum absolute atomic E-state index is 12.9. The molecule has 0 aliphatic carbocycles. The number of hydrogen-bond donors (Lipinski definition) is 1. The molecule has 1 aliphatic heterocycles. The van der Waals surface area contributed by atoms with Crippen LogP contribution in [0.2, 0.25) is 5.02 Å². The van der Waals surface area contributed by atoms with E-state index in [0.29, 0.717) is 10.7 Å². The van der Waals surface area contributed by atoms with Crippen LogP contribution in [0.15, 0.2) is 42.5 Å². The van der Waals surface area contributed by atoms with Crippen LogP contribution in [0, 0.1) is 13.8 Å². The zero-order valence-electron chi connectivity index (χ0n) is 15.6. The average Bonchev–Trinajstić information content (AvgIpc) is 3.19. The number of halogens is 1. The highest BCUT2D eigenvalue weighted by molar-refractivity contribution is 6.31. The van der Waals surface area contributed by atoms with Gasteiger partial charge in [-0.25, -0.2) is 4.98 Å². The van der Waals surface area contributed by atoms with E-state index < -0.39 is 0 Å². The van der Waals surface area contributed by atoms with Crippen molar-refractivity contribution in [2.24, 2.45) is 0 Å². The Hall–Kier alpha value is -2.59. The predicted molar refractivity (Wildman–Crippen MR) is 111 cm³/mol. The largest absolute Gasteiger partial charge is 0.355 e. The van der Waals surface area contributed by atoms with Gasteiger partial charge in [0, 0.05) is 29.2 Å². The van der Waals surface area contributed by atoms with Gasteiger partial charge in [-0.15, -0.1) is 0 Å². The molecule has 4 nitrogen and oxygen atoms in total. The molecule has 1 aromatic heterocycles. The number of nitrogens with zero attached hydrogens (tertiary/aromatic N) is 2. The first kappa shape index (κ1) is 17.8. The molecule has 1 fully saturated rings. The van der Waals surface area contributed by atoms with Crippen molar-refractivity contribution in [3.63, 3.8) is 0 Å². The second kappa shape index (κ2) is 7.20. The molecule has 0 spiro atoms. The summed E-state index contributed by atoms with van der Waals surface area (Å²) in [5, 5.41) is 5.13. The van der Waals surface area contributed by atoms with Gasteiger partial charge in [-0.05, 0) is 62.6 Å². The first-order valence-electron chi connectivity index (χ1n) is 9.25. The summed E-state index contributed by atoms with van der Waals surface area (Å²) in [6.45, 7) is 5.64. The van der Waals surface area contributed by atoms with Gasteiger partial charge >= 0.3 is 0 Å². The summed E-state index contributed by atoms with van der Waals surface area (Å²) >= 11 is 6.28. The monoisotopic (exact) mass is 379 g/mol. The number of fused-ring (bicyclic) bond motifs is 1. The van der Waals surface area contributed by atoms with E-state index in [2.05, 4.69) is 23.3 Å². The Morgan fingerprint density at radius 3 is 2.59 bits per heavy atom. The molecule has 1 aliphatic rings. The van der Waals surface area contributed by atoms with Crippen molar-refractivity contribution in [1.29, 1.82) is 0 Å². The number of pyridine rings is 1. The predicted octanol–water partition coefficient (Wildman–Crippen LogP) is 5.48. The van der Waals surface area contributed by atoms with Crippen LogP contribution in [-0.4, -0.2) is 28.9 Å². The van der Waals surface area contributed by atoms with Crippen LogP contribution in [0.3, 0.4) is 0 Å². The van der Waals surface area contributed by atoms with Gasteiger partial charge in [0.25, 0.3) is 5.91 Å². The van der Waals surface area contributed by atoms with Crippen LogP contribution in [-0.2, 0) is 0 Å². The highest BCUT2D eigenvalue weighted by Gasteiger charge is 2.22. The number of aryl methyl sites for hydroxylation is 2. The fraction of sp³-hybridized carbons (Fsp3) is 0.273. The number of aromatic nitrogens is 1. The topological polar surface area (TPSA) is 45.2 Å². The maximum Gasteiger partial charge on any atom is 0.272 e. The molecule has 138 valence electrons. The summed E-state index contributed by atoms with van der Waals surface area (Å²) in [6.07, 6.45) is 2.12. The molecule has 5 heteroatoms. The van der Waals surface area contributed by atoms with Crippen LogP contribution in [0.1, 0.15) is 34.5 Å². The van der Waals surface area contributed by atoms with E-state index in [1.54, 1.807) is 0 Å². The number of carbonyl (C=O) groups is 1. The summed E-state index contributed by atoms with van der Waals surface area (Å²) in [5.74, 6) is -0.0000338. The quantitative estimate of drug-likeness (QED) is 0.654. The molecule has 0 radical (unpaired) electrons. The first-order chi connectivity index (χ1) is 13.0. The van der Waals surface area contributed by atoms with Crippen molar-refractivity contribution in [3.8, 4) is 0 Å². The van der Waals surface area contributed by atoms with Crippen molar-refractivity contribution in [1.82, 2.24) is 9.88 Å². The number of amides is 1. The van der Waals surface area contributed by atoms with Gasteiger partial charge in [0.15, 0.2) is 0 Å². The molecule has 0 bridgehead atoms. The fourth-order valence-electron chi connectivity index (χ4n) is 3.46. The summed E-state index contributed by atoms with van der Waals surface area (Å²) in [4.78, 5) is 19.4. The van der Waals surface area contributed by atoms with Crippen molar-refractivity contribution in [2.75, 3.05) is 18.4 Å². The molecule has 2 heterocycles. The third-order valence-corrected chi connectivity index (χ3v) is 5.43. The zero-order chi connectivity index (χ0) is 19.0. The molecule has 0 saturated carbocycles. The molecule has 1 amide bonds. The van der Waals surface area contributed by atoms with E-state index in [4.69, 9.17) is 11.6 Å². The van der Waals surface area contributed by atoms with Crippen molar-refractivity contribution >= 4 is 39.8 Å². The number of benzene rings is 2. The lowest BCUT2D eigenvalue weighted by Crippen LogP contribution is -2.28. The van der Waals surface area contributed by atoms with Gasteiger partial charge in [0.2, 0.25) is 0 Å². The number of rotatable bonds is 3. The summed E-state index contributed by atoms with van der Waals surface area (Å²) in [5.41, 5.74) is 5.22. The van der Waals surface area contributed by atoms with Crippen molar-refractivity contribution in [2.45, 2.75) is 26.7 Å². The van der Waals surface area contributed by atoms with Gasteiger partial charge in [-0.2, -0.15) is 0 Å². The van der Waals surface area contributed by atoms with E-state index in [-0.39, 0.29) is 5.91 Å². The first-order valence-corrected chi connectivity index (χ1v) is 9.63. The number of hydrogen-bond acceptors (Lipinski definition) is 3. The molecule has 0 atom stereocenters. The molecule has 27 heavy (non-hydrogen) atoms. The Labute approximate surface area is 164 Å². The molecular weight excluding hydrogens is 358 g/mol. The van der Waals surface area contributed by atoms with Crippen LogP contribution in [0.25, 0.3) is 10.9 Å². The number of carbonyl (C=O) groups excluding carboxylic acids is 1. The molecule has 1 N–H and O–H groups in total. The van der Waals surface area contributed by atoms with Crippen LogP contribution < -0.4 is 5.32 Å². The number of nitrogens with one attached hydrogen (secondary N) is 1. The Morgan fingerprint density at radius 1 is 1.07 bits per heavy atom. The van der Waals surface area contributed by atoms with E-state index in [0.717, 1.165) is 59.3 Å². The minimum atomic E-state index is -0.0000338. The van der Waals surface area contributed by atoms with Crippen LogP contribution >= 0.6 is 11.6 Å². The molecule has 0 unspecified atom stereocenters. The van der Waals surface area contributed by atoms with Crippen LogP contribution in [0.4, 0.5) is 11.4 Å². The van der Waals surface area contributed by atoms with Gasteiger partial charge < -0.3 is 10.2 Å². The second-order valence-electron chi connectivity index (χ2n) is 7.16. The van der Waals surface area contributed by atoms with Gasteiger partial charge in [-0.3, -0.25) is 4.79 Å². The fourth-order valence-corrected chi connectivity index (χ4v) is 3.64. The molecule has 2 aromatic carbocycles. The summed E-state index contributed by atoms with van der Waals surface area (Å²) < 4.78 is 0. The Balaban J connectivity index is 1.79. The Kier molecular flexibility index (Phi) is 4.75. The molecular formula is C22H22ClN3O. The van der Waals surface area contributed by atoms with E-state index in [1.165, 1.54) is 0 Å². The van der Waals surface area contributed by atoms with E-state index >= 15 is 0 Å². The lowest BCUT2D eigenvalue weighted by Gasteiger charge is -2.17. The number of anilines is 2. The summed E-state index contributed by atoms with van der Waals surface area (Å²) in [7, 11) is 0. The van der Waals surface area contributed by atoms with E-state index in [1.807, 2.05) is 48.2 Å². The van der Waals surface area contributed by atoms with E-state index in [9.17, 15) is 4.79 Å². The van der Waals surface area contributed by atoms with Gasteiger partial charge in [-0.1, -0.05) is 29.3 Å². The lowest BCUT2D eigenvalue weighted by atomic mass is 10.1. The third-order valence-electron chi connectivity index (χ3n) is 5.03. The van der Waals surface area contributed by atoms with Crippen molar-refractivity contribution < 1.29 is 4.79 Å². The highest BCUT2D eigenvalue weighted by atomic mass is 35.5. The zero-order valence-corrected chi connectivity index (χ0v) is 16.3. The Morgan fingerprint density at radius 2 is 1.85 bits per heavy atom. The minimum absolute atomic E-state index is 0.0000338. The standard InChI is InChI=1S/C22H22ClN3O/c1-14-5-8-19-17(11-14)20(24-16-7-6-15(2)18(23)12-16)13-21(25-19)22(27)26-9-3-4-10-26/h5-8,11-13H,3-4,9-10H2,1-2H3,(H,24,25). The molecule has 3 aromatic rings. The number of likely N-dealkylation sites (tertiary alicyclic amines) is 1. The van der Waals surface area contributed by atoms with Gasteiger partial charge in [0.1, 0.15) is 5.69 Å². The lowest BCUT2D eigenvalue weighted by molar-refractivity contribution is 0.0787. The van der Waals surface area contributed by atoms with Crippen LogP contribution in [0.5, 0.6) is 0 Å². The average molecular weight is 380 g/mol. The molecule has 4 rings (SSSR count). The SMILES string of the molecule is Cc1ccc2nc(C(=O)N3CCCC3)cc(Nc3ccc(C)c(Cl)c3)c2c1. The van der Waals surface area contributed by atoms with Gasteiger partial charge in [0.05, 0.1) is 11.2 Å². The Bertz CT molecular complexity index is 1030. The maximum atomic E-state index is 12.9. The third kappa shape index (κ3) is 3.62. The highest BCUT2D eigenvalue weighted by Crippen LogP contribution is 2.30.